The van der Waals surface area contributed by atoms with Crippen molar-refractivity contribution in [2.75, 3.05) is 17.2 Å². The number of nitrogens with one attached hydrogen (secondary N) is 2. The molecule has 0 bridgehead atoms. The summed E-state index contributed by atoms with van der Waals surface area (Å²) in [6.07, 6.45) is 0.188. The SMILES string of the molecule is CC(=O)Nc1cccc(C(=O)Nc2c3c(nn2C)CCN(C(=O)OC(C)(C)C)C3)c1. The van der Waals surface area contributed by atoms with Gasteiger partial charge in [-0.15, -0.1) is 0 Å². The molecule has 0 saturated carbocycles. The zero-order valence-electron chi connectivity index (χ0n) is 17.9. The van der Waals surface area contributed by atoms with Crippen LogP contribution in [0.5, 0.6) is 0 Å². The fourth-order valence-corrected chi connectivity index (χ4v) is 3.26. The first-order valence-electron chi connectivity index (χ1n) is 9.75. The summed E-state index contributed by atoms with van der Waals surface area (Å²) < 4.78 is 7.08. The quantitative estimate of drug-likeness (QED) is 0.805. The number of carbonyl (C=O) groups is 3. The average Bonchev–Trinajstić information content (AvgIpc) is 2.94. The summed E-state index contributed by atoms with van der Waals surface area (Å²) in [6, 6.07) is 6.68. The van der Waals surface area contributed by atoms with Gasteiger partial charge in [0, 0.05) is 43.8 Å². The summed E-state index contributed by atoms with van der Waals surface area (Å²) >= 11 is 0. The van der Waals surface area contributed by atoms with E-state index in [2.05, 4.69) is 15.7 Å². The molecule has 0 saturated heterocycles. The van der Waals surface area contributed by atoms with Gasteiger partial charge in [0.05, 0.1) is 12.2 Å². The van der Waals surface area contributed by atoms with Gasteiger partial charge in [0.1, 0.15) is 11.4 Å². The predicted molar refractivity (Wildman–Crippen MR) is 112 cm³/mol. The molecule has 2 N–H and O–H groups in total. The summed E-state index contributed by atoms with van der Waals surface area (Å²) in [6.45, 7) is 7.69. The van der Waals surface area contributed by atoms with Gasteiger partial charge in [0.25, 0.3) is 5.91 Å². The summed E-state index contributed by atoms with van der Waals surface area (Å²) in [5.41, 5.74) is 2.00. The van der Waals surface area contributed by atoms with Gasteiger partial charge in [-0.05, 0) is 39.0 Å². The van der Waals surface area contributed by atoms with Gasteiger partial charge >= 0.3 is 6.09 Å². The van der Waals surface area contributed by atoms with E-state index < -0.39 is 11.7 Å². The first-order chi connectivity index (χ1) is 14.0. The Bertz CT molecular complexity index is 990. The van der Waals surface area contributed by atoms with Gasteiger partial charge < -0.3 is 20.3 Å². The molecule has 1 aromatic carbocycles. The number of hydrogen-bond donors (Lipinski definition) is 2. The molecule has 0 fully saturated rings. The molecule has 30 heavy (non-hydrogen) atoms. The number of rotatable bonds is 3. The number of fused-ring (bicyclic) bond motifs is 1. The Morgan fingerprint density at radius 3 is 2.57 bits per heavy atom. The van der Waals surface area contributed by atoms with Crippen LogP contribution in [0.1, 0.15) is 49.3 Å². The maximum atomic E-state index is 12.8. The molecular formula is C21H27N5O4. The Balaban J connectivity index is 1.79. The smallest absolute Gasteiger partial charge is 0.410 e. The van der Waals surface area contributed by atoms with Crippen LogP contribution in [0.15, 0.2) is 24.3 Å². The fourth-order valence-electron chi connectivity index (χ4n) is 3.26. The van der Waals surface area contributed by atoms with E-state index in [-0.39, 0.29) is 11.8 Å². The molecule has 0 aliphatic carbocycles. The third-order valence-electron chi connectivity index (χ3n) is 4.52. The van der Waals surface area contributed by atoms with Crippen LogP contribution in [0.2, 0.25) is 0 Å². The molecule has 0 spiro atoms. The summed E-state index contributed by atoms with van der Waals surface area (Å²) in [7, 11) is 1.75. The Labute approximate surface area is 175 Å². The van der Waals surface area contributed by atoms with Crippen LogP contribution < -0.4 is 10.6 Å². The molecule has 9 heteroatoms. The van der Waals surface area contributed by atoms with Crippen LogP contribution in [0.4, 0.5) is 16.3 Å². The molecule has 1 aromatic heterocycles. The first kappa shape index (κ1) is 21.4. The maximum Gasteiger partial charge on any atom is 0.410 e. The van der Waals surface area contributed by atoms with E-state index in [4.69, 9.17) is 4.74 Å². The van der Waals surface area contributed by atoms with Gasteiger partial charge in [-0.1, -0.05) is 6.07 Å². The highest BCUT2D eigenvalue weighted by Crippen LogP contribution is 2.27. The zero-order valence-corrected chi connectivity index (χ0v) is 17.9. The third-order valence-corrected chi connectivity index (χ3v) is 4.52. The van der Waals surface area contributed by atoms with E-state index in [1.807, 2.05) is 20.8 Å². The minimum Gasteiger partial charge on any atom is -0.444 e. The van der Waals surface area contributed by atoms with Crippen LogP contribution in [-0.2, 0) is 29.5 Å². The van der Waals surface area contributed by atoms with Crippen LogP contribution in [-0.4, -0.2) is 44.7 Å². The molecule has 1 aliphatic heterocycles. The van der Waals surface area contributed by atoms with E-state index >= 15 is 0 Å². The number of aryl methyl sites for hydroxylation is 1. The molecule has 0 radical (unpaired) electrons. The Hall–Kier alpha value is -3.36. The number of aromatic nitrogens is 2. The minimum atomic E-state index is -0.581. The van der Waals surface area contributed by atoms with E-state index in [1.54, 1.807) is 40.9 Å². The third kappa shape index (κ3) is 4.97. The summed E-state index contributed by atoms with van der Waals surface area (Å²) in [5.74, 6) is -0.00826. The van der Waals surface area contributed by atoms with Gasteiger partial charge in [0.2, 0.25) is 5.91 Å². The van der Waals surface area contributed by atoms with Gasteiger partial charge in [-0.25, -0.2) is 4.79 Å². The predicted octanol–water partition coefficient (Wildman–Crippen LogP) is 2.92. The Morgan fingerprint density at radius 2 is 1.90 bits per heavy atom. The van der Waals surface area contributed by atoms with E-state index in [1.165, 1.54) is 6.92 Å². The van der Waals surface area contributed by atoms with Crippen LogP contribution >= 0.6 is 0 Å². The number of amides is 3. The number of nitrogens with zero attached hydrogens (tertiary/aromatic N) is 3. The second-order valence-corrected chi connectivity index (χ2v) is 8.27. The topological polar surface area (TPSA) is 106 Å². The molecule has 9 nitrogen and oxygen atoms in total. The first-order valence-corrected chi connectivity index (χ1v) is 9.75. The van der Waals surface area contributed by atoms with Crippen LogP contribution in [0, 0.1) is 0 Å². The standard InChI is InChI=1S/C21H27N5O4/c1-13(27)22-15-8-6-7-14(11-15)19(28)23-18-16-12-26(20(29)30-21(2,3)4)10-9-17(16)24-25(18)5/h6-8,11H,9-10,12H2,1-5H3,(H,22,27)(H,23,28). The van der Waals surface area contributed by atoms with E-state index in [0.29, 0.717) is 36.6 Å². The normalized spacial score (nSPS) is 13.4. The lowest BCUT2D eigenvalue weighted by atomic mass is 10.1. The number of anilines is 2. The van der Waals surface area contributed by atoms with Crippen molar-refractivity contribution < 1.29 is 19.1 Å². The minimum absolute atomic E-state index is 0.213. The maximum absolute atomic E-state index is 12.8. The lowest BCUT2D eigenvalue weighted by Gasteiger charge is -2.29. The molecule has 2 heterocycles. The van der Waals surface area contributed by atoms with Crippen LogP contribution in [0.3, 0.4) is 0 Å². The Kier molecular flexibility index (Phi) is 5.82. The number of ether oxygens (including phenoxy) is 1. The summed E-state index contributed by atoms with van der Waals surface area (Å²) in [4.78, 5) is 38.2. The van der Waals surface area contributed by atoms with Crippen molar-refractivity contribution in [2.24, 2.45) is 7.05 Å². The number of hydrogen-bond acceptors (Lipinski definition) is 5. The van der Waals surface area contributed by atoms with Crippen molar-refractivity contribution in [1.82, 2.24) is 14.7 Å². The summed E-state index contributed by atoms with van der Waals surface area (Å²) in [5, 5.41) is 10.0. The molecule has 3 rings (SSSR count). The molecule has 160 valence electrons. The fraction of sp³-hybridized carbons (Fsp3) is 0.429. The largest absolute Gasteiger partial charge is 0.444 e. The zero-order chi connectivity index (χ0) is 22.1. The van der Waals surface area contributed by atoms with Crippen LogP contribution in [0.25, 0.3) is 0 Å². The van der Waals surface area contributed by atoms with Gasteiger partial charge in [-0.2, -0.15) is 5.10 Å². The highest BCUT2D eigenvalue weighted by molar-refractivity contribution is 6.05. The number of benzene rings is 1. The van der Waals surface area contributed by atoms with Crippen molar-refractivity contribution >= 4 is 29.4 Å². The van der Waals surface area contributed by atoms with Gasteiger partial charge in [-0.3, -0.25) is 14.3 Å². The van der Waals surface area contributed by atoms with E-state index in [9.17, 15) is 14.4 Å². The molecule has 3 amide bonds. The molecule has 1 aliphatic rings. The number of carbonyl (C=O) groups excluding carboxylic acids is 3. The lowest BCUT2D eigenvalue weighted by molar-refractivity contribution is -0.114. The molecule has 0 unspecified atom stereocenters. The molecule has 0 atom stereocenters. The van der Waals surface area contributed by atoms with E-state index in [0.717, 1.165) is 11.3 Å². The van der Waals surface area contributed by atoms with Crippen molar-refractivity contribution in [3.63, 3.8) is 0 Å². The average molecular weight is 413 g/mol. The molecular weight excluding hydrogens is 386 g/mol. The van der Waals surface area contributed by atoms with Crippen molar-refractivity contribution in [1.29, 1.82) is 0 Å². The van der Waals surface area contributed by atoms with Crippen molar-refractivity contribution in [3.05, 3.63) is 41.1 Å². The van der Waals surface area contributed by atoms with Crippen molar-refractivity contribution in [2.45, 2.75) is 46.3 Å². The van der Waals surface area contributed by atoms with Crippen molar-refractivity contribution in [3.8, 4) is 0 Å². The second kappa shape index (κ2) is 8.17. The van der Waals surface area contributed by atoms with Gasteiger partial charge in [0.15, 0.2) is 0 Å². The Morgan fingerprint density at radius 1 is 1.17 bits per heavy atom. The highest BCUT2D eigenvalue weighted by atomic mass is 16.6. The second-order valence-electron chi connectivity index (χ2n) is 8.27. The highest BCUT2D eigenvalue weighted by Gasteiger charge is 2.30. The molecule has 2 aromatic rings. The monoisotopic (exact) mass is 413 g/mol. The lowest BCUT2D eigenvalue weighted by Crippen LogP contribution is -2.40.